The Balaban J connectivity index is 1.52. The van der Waals surface area contributed by atoms with E-state index in [1.165, 1.54) is 87.2 Å². The molecule has 0 fully saturated rings. The second kappa shape index (κ2) is 8.79. The summed E-state index contributed by atoms with van der Waals surface area (Å²) in [5.41, 5.74) is 7.80. The van der Waals surface area contributed by atoms with Crippen molar-refractivity contribution in [2.75, 3.05) is 0 Å². The topological polar surface area (TPSA) is 0 Å². The van der Waals surface area contributed by atoms with Crippen LogP contribution in [-0.4, -0.2) is 0 Å². The molecule has 0 spiro atoms. The highest BCUT2D eigenvalue weighted by Gasteiger charge is 2.18. The van der Waals surface area contributed by atoms with Gasteiger partial charge in [0.15, 0.2) is 0 Å². The van der Waals surface area contributed by atoms with Crippen molar-refractivity contribution in [1.29, 1.82) is 0 Å². The van der Waals surface area contributed by atoms with Gasteiger partial charge in [-0.2, -0.15) is 0 Å². The minimum absolute atomic E-state index is 1.27. The van der Waals surface area contributed by atoms with Crippen LogP contribution in [0, 0.1) is 13.8 Å². The van der Waals surface area contributed by atoms with Gasteiger partial charge in [0.1, 0.15) is 0 Å². The number of fused-ring (bicyclic) bond motifs is 6. The van der Waals surface area contributed by atoms with E-state index in [1.807, 2.05) is 0 Å². The van der Waals surface area contributed by atoms with Crippen molar-refractivity contribution in [2.45, 2.75) is 13.8 Å². The lowest BCUT2D eigenvalue weighted by Crippen LogP contribution is -1.92. The highest BCUT2D eigenvalue weighted by Crippen LogP contribution is 2.46. The average molecular weight is 509 g/mol. The smallest absolute Gasteiger partial charge is 0.00201 e. The van der Waals surface area contributed by atoms with Crippen molar-refractivity contribution >= 4 is 53.9 Å². The third-order valence-corrected chi connectivity index (χ3v) is 8.68. The van der Waals surface area contributed by atoms with Crippen LogP contribution in [0.15, 0.2) is 133 Å². The zero-order valence-electron chi connectivity index (χ0n) is 22.7. The molecule has 0 heteroatoms. The molecule has 0 nitrogen and oxygen atoms in total. The van der Waals surface area contributed by atoms with Gasteiger partial charge in [0.2, 0.25) is 0 Å². The van der Waals surface area contributed by atoms with Gasteiger partial charge in [0, 0.05) is 0 Å². The van der Waals surface area contributed by atoms with E-state index in [9.17, 15) is 0 Å². The van der Waals surface area contributed by atoms with Gasteiger partial charge in [-0.15, -0.1) is 0 Å². The van der Waals surface area contributed by atoms with E-state index in [4.69, 9.17) is 0 Å². The van der Waals surface area contributed by atoms with E-state index >= 15 is 0 Å². The molecular formula is C40H28. The first-order valence-corrected chi connectivity index (χ1v) is 14.0. The Bertz CT molecular complexity index is 2230. The molecule has 0 radical (unpaired) electrons. The fraction of sp³-hybridized carbons (Fsp3) is 0.0500. The molecule has 0 amide bonds. The Labute approximate surface area is 234 Å². The van der Waals surface area contributed by atoms with Crippen LogP contribution < -0.4 is 0 Å². The lowest BCUT2D eigenvalue weighted by atomic mass is 9.84. The van der Waals surface area contributed by atoms with Crippen molar-refractivity contribution in [3.05, 3.63) is 145 Å². The number of benzene rings is 8. The minimum Gasteiger partial charge on any atom is -0.0616 e. The number of hydrogen-bond acceptors (Lipinski definition) is 0. The zero-order valence-corrected chi connectivity index (χ0v) is 22.7. The molecule has 0 aromatic heterocycles. The molecule has 8 rings (SSSR count). The molecule has 188 valence electrons. The second-order valence-corrected chi connectivity index (χ2v) is 11.0. The summed E-state index contributed by atoms with van der Waals surface area (Å²) in [6.07, 6.45) is 0. The summed E-state index contributed by atoms with van der Waals surface area (Å²) in [5, 5.41) is 13.0. The number of aryl methyl sites for hydroxylation is 2. The fourth-order valence-electron chi connectivity index (χ4n) is 6.88. The maximum Gasteiger partial charge on any atom is -0.00201 e. The quantitative estimate of drug-likeness (QED) is 0.161. The summed E-state index contributed by atoms with van der Waals surface area (Å²) in [6, 6.07) is 49.4. The molecule has 0 unspecified atom stereocenters. The van der Waals surface area contributed by atoms with Gasteiger partial charge >= 0.3 is 0 Å². The molecule has 0 saturated heterocycles. The first-order valence-electron chi connectivity index (χ1n) is 14.0. The van der Waals surface area contributed by atoms with Gasteiger partial charge < -0.3 is 0 Å². The molecule has 0 saturated carbocycles. The van der Waals surface area contributed by atoms with Crippen molar-refractivity contribution in [3.8, 4) is 22.3 Å². The van der Waals surface area contributed by atoms with Crippen molar-refractivity contribution in [1.82, 2.24) is 0 Å². The Kier molecular flexibility index (Phi) is 5.06. The zero-order chi connectivity index (χ0) is 26.8. The van der Waals surface area contributed by atoms with Crippen LogP contribution in [-0.2, 0) is 0 Å². The van der Waals surface area contributed by atoms with Gasteiger partial charge in [-0.05, 0) is 102 Å². The molecule has 0 aliphatic rings. The van der Waals surface area contributed by atoms with Crippen LogP contribution in [0.3, 0.4) is 0 Å². The third-order valence-electron chi connectivity index (χ3n) is 8.68. The molecule has 0 heterocycles. The third kappa shape index (κ3) is 3.33. The maximum atomic E-state index is 2.38. The second-order valence-electron chi connectivity index (χ2n) is 11.0. The van der Waals surface area contributed by atoms with Crippen molar-refractivity contribution < 1.29 is 0 Å². The normalized spacial score (nSPS) is 11.8. The first-order chi connectivity index (χ1) is 19.7. The van der Waals surface area contributed by atoms with Crippen LogP contribution in [0.5, 0.6) is 0 Å². The molecule has 0 atom stereocenters. The monoisotopic (exact) mass is 508 g/mol. The van der Waals surface area contributed by atoms with Gasteiger partial charge in [-0.3, -0.25) is 0 Å². The molecular weight excluding hydrogens is 480 g/mol. The SMILES string of the molecule is Cc1cccc(-c2c3ccccc3c(-c3cccc4c3ccc3c(C)c5ccccc5cc34)c3ccccc23)c1. The Morgan fingerprint density at radius 1 is 0.350 bits per heavy atom. The van der Waals surface area contributed by atoms with E-state index in [0.29, 0.717) is 0 Å². The highest BCUT2D eigenvalue weighted by atomic mass is 14.2. The molecule has 0 N–H and O–H groups in total. The predicted octanol–water partition coefficient (Wildman–Crippen LogP) is 11.4. The Hall–Kier alpha value is -4.94. The fourth-order valence-corrected chi connectivity index (χ4v) is 6.88. The minimum atomic E-state index is 1.27. The van der Waals surface area contributed by atoms with E-state index < -0.39 is 0 Å². The molecule has 0 bridgehead atoms. The lowest BCUT2D eigenvalue weighted by molar-refractivity contribution is 1.47. The lowest BCUT2D eigenvalue weighted by Gasteiger charge is -2.19. The van der Waals surface area contributed by atoms with Gasteiger partial charge in [0.25, 0.3) is 0 Å². The van der Waals surface area contributed by atoms with E-state index in [1.54, 1.807) is 0 Å². The summed E-state index contributed by atoms with van der Waals surface area (Å²) in [7, 11) is 0. The Morgan fingerprint density at radius 3 is 1.62 bits per heavy atom. The van der Waals surface area contributed by atoms with Gasteiger partial charge in [-0.25, -0.2) is 0 Å². The van der Waals surface area contributed by atoms with Gasteiger partial charge in [0.05, 0.1) is 0 Å². The summed E-state index contributed by atoms with van der Waals surface area (Å²) >= 11 is 0. The molecule has 8 aromatic carbocycles. The number of hydrogen-bond donors (Lipinski definition) is 0. The van der Waals surface area contributed by atoms with Crippen LogP contribution in [0.25, 0.3) is 76.1 Å². The average Bonchev–Trinajstić information content (AvgIpc) is 2.99. The van der Waals surface area contributed by atoms with Gasteiger partial charge in [-0.1, -0.05) is 133 Å². The summed E-state index contributed by atoms with van der Waals surface area (Å²) in [6.45, 7) is 4.43. The number of rotatable bonds is 2. The van der Waals surface area contributed by atoms with Crippen molar-refractivity contribution in [3.63, 3.8) is 0 Å². The van der Waals surface area contributed by atoms with E-state index in [0.717, 1.165) is 0 Å². The summed E-state index contributed by atoms with van der Waals surface area (Å²) < 4.78 is 0. The van der Waals surface area contributed by atoms with E-state index in [2.05, 4.69) is 147 Å². The molecule has 0 aliphatic carbocycles. The molecule has 40 heavy (non-hydrogen) atoms. The highest BCUT2D eigenvalue weighted by molar-refractivity contribution is 6.25. The van der Waals surface area contributed by atoms with Crippen LogP contribution in [0.2, 0.25) is 0 Å². The predicted molar refractivity (Wildman–Crippen MR) is 174 cm³/mol. The molecule has 0 aliphatic heterocycles. The van der Waals surface area contributed by atoms with Crippen molar-refractivity contribution in [2.24, 2.45) is 0 Å². The summed E-state index contributed by atoms with van der Waals surface area (Å²) in [5.74, 6) is 0. The van der Waals surface area contributed by atoms with Crippen LogP contribution in [0.1, 0.15) is 11.1 Å². The maximum absolute atomic E-state index is 2.38. The first kappa shape index (κ1) is 23.0. The summed E-state index contributed by atoms with van der Waals surface area (Å²) in [4.78, 5) is 0. The largest absolute Gasteiger partial charge is 0.0616 e. The molecule has 8 aromatic rings. The standard InChI is InChI=1S/C40H28/c1-25-11-9-13-28(23-25)39-34-15-5-7-17-36(34)40(37-18-8-6-16-35(37)39)33-20-10-19-31-32(33)22-21-30-26(2)29-14-4-3-12-27(29)24-38(30)31/h3-24H,1-2H3. The van der Waals surface area contributed by atoms with E-state index in [-0.39, 0.29) is 0 Å². The van der Waals surface area contributed by atoms with Crippen LogP contribution >= 0.6 is 0 Å². The Morgan fingerprint density at radius 2 is 0.925 bits per heavy atom. The van der Waals surface area contributed by atoms with Crippen LogP contribution in [0.4, 0.5) is 0 Å².